The van der Waals surface area contributed by atoms with Gasteiger partial charge in [-0.05, 0) is 37.4 Å². The molecule has 0 aliphatic heterocycles. The summed E-state index contributed by atoms with van der Waals surface area (Å²) in [5.41, 5.74) is 0. The van der Waals surface area contributed by atoms with Gasteiger partial charge in [0.15, 0.2) is 0 Å². The minimum Gasteiger partial charge on any atom is -0.312 e. The highest BCUT2D eigenvalue weighted by molar-refractivity contribution is 7.89. The van der Waals surface area contributed by atoms with Crippen LogP contribution in [0.25, 0.3) is 0 Å². The van der Waals surface area contributed by atoms with Crippen molar-refractivity contribution in [2.45, 2.75) is 31.7 Å². The van der Waals surface area contributed by atoms with Crippen molar-refractivity contribution in [2.75, 3.05) is 13.1 Å². The molecule has 116 valence electrons. The Bertz CT molecular complexity index is 660. The molecule has 0 aromatic carbocycles. The lowest BCUT2D eigenvalue weighted by molar-refractivity contribution is 0.581. The maximum atomic E-state index is 12.3. The van der Waals surface area contributed by atoms with E-state index in [0.29, 0.717) is 18.0 Å². The van der Waals surface area contributed by atoms with Crippen molar-refractivity contribution >= 4 is 32.7 Å². The third-order valence-electron chi connectivity index (χ3n) is 3.01. The van der Waals surface area contributed by atoms with Crippen molar-refractivity contribution in [2.24, 2.45) is 0 Å². The van der Waals surface area contributed by atoms with Gasteiger partial charge in [-0.15, -0.1) is 22.7 Å². The molecule has 0 aliphatic carbocycles. The van der Waals surface area contributed by atoms with E-state index >= 15 is 0 Å². The van der Waals surface area contributed by atoms with Gasteiger partial charge in [-0.25, -0.2) is 13.1 Å². The zero-order chi connectivity index (χ0) is 15.3. The standard InChI is InChI=1S/C14H20N2O2S3/c1-3-15-10-13-9-14(11(2)20-13)21(17,18)16-7-6-12-5-4-8-19-12/h4-5,8-9,15-16H,3,6-7,10H2,1-2H3. The van der Waals surface area contributed by atoms with Gasteiger partial charge in [0.1, 0.15) is 0 Å². The van der Waals surface area contributed by atoms with Crippen LogP contribution in [0.2, 0.25) is 0 Å². The summed E-state index contributed by atoms with van der Waals surface area (Å²) >= 11 is 3.18. The monoisotopic (exact) mass is 344 g/mol. The Morgan fingerprint density at radius 3 is 2.76 bits per heavy atom. The first-order valence-corrected chi connectivity index (χ1v) is 10.0. The highest BCUT2D eigenvalue weighted by Gasteiger charge is 2.19. The van der Waals surface area contributed by atoms with Crippen LogP contribution < -0.4 is 10.0 Å². The highest BCUT2D eigenvalue weighted by atomic mass is 32.2. The quantitative estimate of drug-likeness (QED) is 0.774. The molecular weight excluding hydrogens is 324 g/mol. The van der Waals surface area contributed by atoms with Crippen LogP contribution in [-0.4, -0.2) is 21.5 Å². The van der Waals surface area contributed by atoms with Gasteiger partial charge in [0.2, 0.25) is 10.0 Å². The van der Waals surface area contributed by atoms with Gasteiger partial charge in [0, 0.05) is 27.7 Å². The molecule has 0 fully saturated rings. The lowest BCUT2D eigenvalue weighted by Crippen LogP contribution is -2.26. The van der Waals surface area contributed by atoms with Crippen LogP contribution in [0.3, 0.4) is 0 Å². The molecule has 0 aliphatic rings. The third kappa shape index (κ3) is 4.62. The van der Waals surface area contributed by atoms with Crippen molar-refractivity contribution in [3.05, 3.63) is 38.2 Å². The molecule has 2 rings (SSSR count). The van der Waals surface area contributed by atoms with Crippen LogP contribution >= 0.6 is 22.7 Å². The zero-order valence-electron chi connectivity index (χ0n) is 12.2. The number of aryl methyl sites for hydroxylation is 1. The lowest BCUT2D eigenvalue weighted by Gasteiger charge is -2.05. The molecule has 0 spiro atoms. The van der Waals surface area contributed by atoms with E-state index in [1.54, 1.807) is 17.4 Å². The number of hydrogen-bond acceptors (Lipinski definition) is 5. The summed E-state index contributed by atoms with van der Waals surface area (Å²) in [5.74, 6) is 0. The van der Waals surface area contributed by atoms with Crippen LogP contribution in [0.1, 0.15) is 21.6 Å². The topological polar surface area (TPSA) is 58.2 Å². The second-order valence-electron chi connectivity index (χ2n) is 4.64. The number of thiophene rings is 2. The normalized spacial score (nSPS) is 11.9. The van der Waals surface area contributed by atoms with Crippen molar-refractivity contribution < 1.29 is 8.42 Å². The van der Waals surface area contributed by atoms with Crippen LogP contribution in [0.15, 0.2) is 28.5 Å². The smallest absolute Gasteiger partial charge is 0.241 e. The lowest BCUT2D eigenvalue weighted by atomic mass is 10.3. The Hall–Kier alpha value is -0.730. The van der Waals surface area contributed by atoms with Gasteiger partial charge in [-0.2, -0.15) is 0 Å². The molecule has 2 aromatic rings. The van der Waals surface area contributed by atoms with Gasteiger partial charge < -0.3 is 5.32 Å². The first kappa shape index (κ1) is 16.6. The third-order valence-corrected chi connectivity index (χ3v) is 6.71. The number of hydrogen-bond donors (Lipinski definition) is 2. The molecule has 7 heteroatoms. The Morgan fingerprint density at radius 2 is 2.10 bits per heavy atom. The summed E-state index contributed by atoms with van der Waals surface area (Å²) in [6, 6.07) is 5.77. The van der Waals surface area contributed by atoms with Gasteiger partial charge in [-0.1, -0.05) is 13.0 Å². The maximum absolute atomic E-state index is 12.3. The zero-order valence-corrected chi connectivity index (χ0v) is 14.6. The molecule has 0 saturated carbocycles. The molecule has 2 N–H and O–H groups in total. The SMILES string of the molecule is CCNCc1cc(S(=O)(=O)NCCc2cccs2)c(C)s1. The van der Waals surface area contributed by atoms with E-state index in [0.717, 1.165) is 22.7 Å². The van der Waals surface area contributed by atoms with E-state index in [-0.39, 0.29) is 0 Å². The van der Waals surface area contributed by atoms with Crippen molar-refractivity contribution in [3.63, 3.8) is 0 Å². The minimum atomic E-state index is -3.41. The van der Waals surface area contributed by atoms with Crippen molar-refractivity contribution in [3.8, 4) is 0 Å². The van der Waals surface area contributed by atoms with Crippen molar-refractivity contribution in [1.82, 2.24) is 10.0 Å². The van der Waals surface area contributed by atoms with Crippen LogP contribution in [-0.2, 0) is 23.0 Å². The van der Waals surface area contributed by atoms with E-state index in [4.69, 9.17) is 0 Å². The average Bonchev–Trinajstić information content (AvgIpc) is 3.06. The first-order valence-electron chi connectivity index (χ1n) is 6.85. The average molecular weight is 345 g/mol. The Morgan fingerprint density at radius 1 is 1.29 bits per heavy atom. The molecular formula is C14H20N2O2S3. The van der Waals surface area contributed by atoms with Gasteiger partial charge in [0.05, 0.1) is 4.90 Å². The fourth-order valence-corrected chi connectivity index (χ4v) is 5.31. The van der Waals surface area contributed by atoms with E-state index in [2.05, 4.69) is 10.0 Å². The van der Waals surface area contributed by atoms with Crippen LogP contribution in [0, 0.1) is 6.92 Å². The largest absolute Gasteiger partial charge is 0.312 e. The fraction of sp³-hybridized carbons (Fsp3) is 0.429. The molecule has 2 heterocycles. The summed E-state index contributed by atoms with van der Waals surface area (Å²) in [4.78, 5) is 3.48. The number of rotatable bonds is 8. The van der Waals surface area contributed by atoms with Crippen LogP contribution in [0.5, 0.6) is 0 Å². The molecule has 0 saturated heterocycles. The predicted molar refractivity (Wildman–Crippen MR) is 89.6 cm³/mol. The fourth-order valence-electron chi connectivity index (χ4n) is 1.97. The number of nitrogens with one attached hydrogen (secondary N) is 2. The molecule has 0 atom stereocenters. The van der Waals surface area contributed by atoms with Crippen molar-refractivity contribution in [1.29, 1.82) is 0 Å². The van der Waals surface area contributed by atoms with Gasteiger partial charge >= 0.3 is 0 Å². The Labute approximate surface area is 134 Å². The molecule has 4 nitrogen and oxygen atoms in total. The summed E-state index contributed by atoms with van der Waals surface area (Å²) in [5, 5.41) is 5.21. The van der Waals surface area contributed by atoms with Crippen LogP contribution in [0.4, 0.5) is 0 Å². The Balaban J connectivity index is 1.99. The molecule has 0 amide bonds. The second-order valence-corrected chi connectivity index (χ2v) is 8.75. The second kappa shape index (κ2) is 7.51. The maximum Gasteiger partial charge on any atom is 0.241 e. The molecule has 0 bridgehead atoms. The van der Waals surface area contributed by atoms with Gasteiger partial charge in [-0.3, -0.25) is 0 Å². The molecule has 2 aromatic heterocycles. The van der Waals surface area contributed by atoms with E-state index < -0.39 is 10.0 Å². The molecule has 21 heavy (non-hydrogen) atoms. The number of sulfonamides is 1. The van der Waals surface area contributed by atoms with E-state index in [1.807, 2.05) is 31.4 Å². The van der Waals surface area contributed by atoms with E-state index in [9.17, 15) is 8.42 Å². The van der Waals surface area contributed by atoms with E-state index in [1.165, 1.54) is 16.2 Å². The molecule has 0 radical (unpaired) electrons. The first-order chi connectivity index (χ1) is 10.0. The van der Waals surface area contributed by atoms with Gasteiger partial charge in [0.25, 0.3) is 0 Å². The summed E-state index contributed by atoms with van der Waals surface area (Å²) in [6.07, 6.45) is 0.727. The Kier molecular flexibility index (Phi) is 5.95. The minimum absolute atomic E-state index is 0.409. The summed E-state index contributed by atoms with van der Waals surface area (Å²) in [7, 11) is -3.41. The predicted octanol–water partition coefficient (Wildman–Crippen LogP) is 2.75. The highest BCUT2D eigenvalue weighted by Crippen LogP contribution is 2.25. The summed E-state index contributed by atoms with van der Waals surface area (Å²) < 4.78 is 27.4. The molecule has 0 unspecified atom stereocenters. The summed E-state index contributed by atoms with van der Waals surface area (Å²) in [6.45, 7) is 5.91.